The Morgan fingerprint density at radius 1 is 1.21 bits per heavy atom. The summed E-state index contributed by atoms with van der Waals surface area (Å²) >= 11 is 0. The van der Waals surface area contributed by atoms with Crippen LogP contribution in [0.5, 0.6) is 0 Å². The molecule has 1 saturated heterocycles. The predicted octanol–water partition coefficient (Wildman–Crippen LogP) is 1.56. The minimum Gasteiger partial charge on any atom is -0.476 e. The van der Waals surface area contributed by atoms with Crippen molar-refractivity contribution < 1.29 is 9.90 Å². The quantitative estimate of drug-likeness (QED) is 0.866. The fraction of sp³-hybridized carbons (Fsp3) is 0.769. The normalized spacial score (nSPS) is 21.9. The fourth-order valence-corrected chi connectivity index (χ4v) is 3.35. The number of hydrogen-bond acceptors (Lipinski definition) is 4. The van der Waals surface area contributed by atoms with Crippen LogP contribution in [0.1, 0.15) is 66.7 Å². The number of rotatable bonds is 3. The number of aromatic nitrogens is 3. The third kappa shape index (κ3) is 2.36. The summed E-state index contributed by atoms with van der Waals surface area (Å²) in [5, 5.41) is 20.7. The molecule has 19 heavy (non-hydrogen) atoms. The van der Waals surface area contributed by atoms with Gasteiger partial charge in [-0.3, -0.25) is 0 Å². The molecule has 6 heteroatoms. The first-order valence-electron chi connectivity index (χ1n) is 7.16. The van der Waals surface area contributed by atoms with Gasteiger partial charge in [-0.15, -0.1) is 5.10 Å². The zero-order valence-corrected chi connectivity index (χ0v) is 11.0. The molecule has 0 bridgehead atoms. The Morgan fingerprint density at radius 3 is 2.53 bits per heavy atom. The van der Waals surface area contributed by atoms with Crippen molar-refractivity contribution in [1.29, 1.82) is 0 Å². The maximum atomic E-state index is 11.4. The van der Waals surface area contributed by atoms with Crippen molar-refractivity contribution in [3.63, 3.8) is 0 Å². The van der Waals surface area contributed by atoms with Gasteiger partial charge in [0.2, 0.25) is 0 Å². The zero-order valence-electron chi connectivity index (χ0n) is 11.0. The first-order valence-corrected chi connectivity index (χ1v) is 7.16. The summed E-state index contributed by atoms with van der Waals surface area (Å²) in [6.07, 6.45) is 6.55. The lowest BCUT2D eigenvalue weighted by molar-refractivity contribution is 0.0688. The third-order valence-electron chi connectivity index (χ3n) is 4.33. The van der Waals surface area contributed by atoms with Crippen LogP contribution in [-0.4, -0.2) is 39.2 Å². The van der Waals surface area contributed by atoms with E-state index in [0.29, 0.717) is 6.04 Å². The van der Waals surface area contributed by atoms with Crippen LogP contribution in [0.2, 0.25) is 0 Å². The molecule has 1 aromatic rings. The van der Waals surface area contributed by atoms with E-state index in [9.17, 15) is 9.90 Å². The molecule has 2 aliphatic rings. The van der Waals surface area contributed by atoms with E-state index in [1.54, 1.807) is 0 Å². The second-order valence-corrected chi connectivity index (χ2v) is 5.54. The van der Waals surface area contributed by atoms with E-state index in [-0.39, 0.29) is 11.6 Å². The standard InChI is InChI=1S/C13H20N4O2/c18-13(19)11-12(9-5-7-14-8-6-9)17(16-15-11)10-3-1-2-4-10/h9-10,14H,1-8H2,(H,18,19). The van der Waals surface area contributed by atoms with Crippen molar-refractivity contribution in [2.45, 2.75) is 50.5 Å². The van der Waals surface area contributed by atoms with Crippen LogP contribution in [0, 0.1) is 0 Å². The number of hydrogen-bond donors (Lipinski definition) is 2. The molecule has 6 nitrogen and oxygen atoms in total. The highest BCUT2D eigenvalue weighted by molar-refractivity contribution is 5.86. The summed E-state index contributed by atoms with van der Waals surface area (Å²) in [5.41, 5.74) is 1.03. The molecule has 3 rings (SSSR count). The lowest BCUT2D eigenvalue weighted by atomic mass is 9.92. The smallest absolute Gasteiger partial charge is 0.358 e. The third-order valence-corrected chi connectivity index (χ3v) is 4.33. The van der Waals surface area contributed by atoms with Crippen LogP contribution in [0.25, 0.3) is 0 Å². The Hall–Kier alpha value is -1.43. The molecule has 1 saturated carbocycles. The van der Waals surface area contributed by atoms with Gasteiger partial charge >= 0.3 is 5.97 Å². The van der Waals surface area contributed by atoms with E-state index in [4.69, 9.17) is 0 Å². The Balaban J connectivity index is 1.96. The minimum absolute atomic E-state index is 0.166. The lowest BCUT2D eigenvalue weighted by Crippen LogP contribution is -2.29. The molecule has 0 aromatic carbocycles. The molecule has 2 fully saturated rings. The number of carboxylic acids is 1. The van der Waals surface area contributed by atoms with Crippen LogP contribution in [0.15, 0.2) is 0 Å². The molecular formula is C13H20N4O2. The van der Waals surface area contributed by atoms with Crippen molar-refractivity contribution in [3.8, 4) is 0 Å². The molecule has 0 unspecified atom stereocenters. The number of carboxylic acid groups (broad SMARTS) is 1. The molecule has 2 heterocycles. The maximum Gasteiger partial charge on any atom is 0.358 e. The number of piperidine rings is 1. The first kappa shape index (κ1) is 12.6. The summed E-state index contributed by atoms with van der Waals surface area (Å²) in [5.74, 6) is -0.666. The SMILES string of the molecule is O=C(O)c1nnn(C2CCCC2)c1C1CCNCC1. The topological polar surface area (TPSA) is 80.0 Å². The molecule has 0 atom stereocenters. The number of carbonyl (C=O) groups is 1. The molecule has 0 amide bonds. The summed E-state index contributed by atoms with van der Waals surface area (Å²) < 4.78 is 1.92. The molecule has 104 valence electrons. The van der Waals surface area contributed by atoms with Gasteiger partial charge in [0.25, 0.3) is 0 Å². The Morgan fingerprint density at radius 2 is 1.89 bits per heavy atom. The molecular weight excluding hydrogens is 244 g/mol. The zero-order chi connectivity index (χ0) is 13.2. The lowest BCUT2D eigenvalue weighted by Gasteiger charge is -2.25. The van der Waals surface area contributed by atoms with Gasteiger partial charge in [0.05, 0.1) is 11.7 Å². The highest BCUT2D eigenvalue weighted by atomic mass is 16.4. The molecule has 1 aromatic heterocycles. The van der Waals surface area contributed by atoms with E-state index in [0.717, 1.165) is 44.5 Å². The van der Waals surface area contributed by atoms with Gasteiger partial charge in [0.1, 0.15) is 0 Å². The van der Waals surface area contributed by atoms with Gasteiger partial charge in [-0.2, -0.15) is 0 Å². The largest absolute Gasteiger partial charge is 0.476 e. The predicted molar refractivity (Wildman–Crippen MR) is 69.3 cm³/mol. The van der Waals surface area contributed by atoms with Crippen LogP contribution < -0.4 is 5.32 Å². The monoisotopic (exact) mass is 264 g/mol. The fourth-order valence-electron chi connectivity index (χ4n) is 3.35. The van der Waals surface area contributed by atoms with Gasteiger partial charge in [0, 0.05) is 5.92 Å². The first-order chi connectivity index (χ1) is 9.27. The van der Waals surface area contributed by atoms with Gasteiger partial charge in [0.15, 0.2) is 5.69 Å². The van der Waals surface area contributed by atoms with Crippen molar-refractivity contribution in [1.82, 2.24) is 20.3 Å². The van der Waals surface area contributed by atoms with Gasteiger partial charge in [-0.1, -0.05) is 18.1 Å². The number of aromatic carboxylic acids is 1. The summed E-state index contributed by atoms with van der Waals surface area (Å²) in [6.45, 7) is 1.89. The van der Waals surface area contributed by atoms with Gasteiger partial charge < -0.3 is 10.4 Å². The summed E-state index contributed by atoms with van der Waals surface area (Å²) in [4.78, 5) is 11.4. The van der Waals surface area contributed by atoms with Crippen LogP contribution in [0.3, 0.4) is 0 Å². The van der Waals surface area contributed by atoms with E-state index in [2.05, 4.69) is 15.6 Å². The second-order valence-electron chi connectivity index (χ2n) is 5.54. The average Bonchev–Trinajstić information content (AvgIpc) is 3.08. The molecule has 0 spiro atoms. The Kier molecular flexibility index (Phi) is 3.50. The Labute approximate surface area is 112 Å². The van der Waals surface area contributed by atoms with Crippen molar-refractivity contribution in [2.75, 3.05) is 13.1 Å². The van der Waals surface area contributed by atoms with E-state index in [1.807, 2.05) is 4.68 Å². The van der Waals surface area contributed by atoms with Crippen LogP contribution >= 0.6 is 0 Å². The van der Waals surface area contributed by atoms with Crippen molar-refractivity contribution in [2.24, 2.45) is 0 Å². The van der Waals surface area contributed by atoms with Crippen LogP contribution in [0.4, 0.5) is 0 Å². The maximum absolute atomic E-state index is 11.4. The summed E-state index contributed by atoms with van der Waals surface area (Å²) in [7, 11) is 0. The summed E-state index contributed by atoms with van der Waals surface area (Å²) in [6, 6.07) is 0.352. The van der Waals surface area contributed by atoms with Crippen molar-refractivity contribution >= 4 is 5.97 Å². The molecule has 2 N–H and O–H groups in total. The number of nitrogens with one attached hydrogen (secondary N) is 1. The van der Waals surface area contributed by atoms with Gasteiger partial charge in [-0.25, -0.2) is 9.48 Å². The van der Waals surface area contributed by atoms with Crippen molar-refractivity contribution in [3.05, 3.63) is 11.4 Å². The minimum atomic E-state index is -0.947. The van der Waals surface area contributed by atoms with E-state index in [1.165, 1.54) is 12.8 Å². The molecule has 1 aliphatic carbocycles. The number of nitrogens with zero attached hydrogens (tertiary/aromatic N) is 3. The van der Waals surface area contributed by atoms with E-state index < -0.39 is 5.97 Å². The van der Waals surface area contributed by atoms with Gasteiger partial charge in [-0.05, 0) is 38.8 Å². The van der Waals surface area contributed by atoms with E-state index >= 15 is 0 Å². The highest BCUT2D eigenvalue weighted by Gasteiger charge is 2.31. The average molecular weight is 264 g/mol. The molecule has 1 aliphatic heterocycles. The Bertz CT molecular complexity index is 459. The highest BCUT2D eigenvalue weighted by Crippen LogP contribution is 2.35. The molecule has 0 radical (unpaired) electrons. The van der Waals surface area contributed by atoms with Crippen LogP contribution in [-0.2, 0) is 0 Å². The second kappa shape index (κ2) is 5.28.